The Hall–Kier alpha value is 1.99. The molecule has 2 rings (SSSR count). The highest BCUT2D eigenvalue weighted by molar-refractivity contribution is 6.81. The van der Waals surface area contributed by atoms with Gasteiger partial charge in [-0.15, -0.1) is 0 Å². The van der Waals surface area contributed by atoms with E-state index >= 15 is 0 Å². The Balaban J connectivity index is 1.61. The molecular formula is C4H16N10Si11. The van der Waals surface area contributed by atoms with E-state index in [1.54, 1.807) is 0 Å². The smallest absolute Gasteiger partial charge is 0.243 e. The first-order valence-corrected chi connectivity index (χ1v) is 17.2. The third-order valence-electron chi connectivity index (χ3n) is 2.25. The lowest BCUT2D eigenvalue weighted by molar-refractivity contribution is 0.599. The molecule has 0 bridgehead atoms. The van der Waals surface area contributed by atoms with E-state index in [1.165, 1.54) is 0 Å². The Kier molecular flexibility index (Phi) is 12.3. The predicted octanol–water partition coefficient (Wildman–Crippen LogP) is -7.42. The van der Waals surface area contributed by atoms with E-state index in [0.717, 1.165) is 49.2 Å². The molecule has 0 atom stereocenters. The molecule has 10 nitrogen and oxygen atoms in total. The third-order valence-corrected chi connectivity index (χ3v) is 16.5. The van der Waals surface area contributed by atoms with Gasteiger partial charge in [0, 0.05) is 0 Å². The first-order valence-electron chi connectivity index (χ1n) is 6.92. The van der Waals surface area contributed by atoms with Crippen LogP contribution in [0.1, 0.15) is 0 Å². The van der Waals surface area contributed by atoms with Crippen molar-refractivity contribution in [2.24, 2.45) is 0 Å². The number of hydrogen-bond acceptors (Lipinski definition) is 10. The van der Waals surface area contributed by atoms with Crippen LogP contribution in [0.5, 0.6) is 0 Å². The van der Waals surface area contributed by atoms with E-state index in [4.69, 9.17) is 0 Å². The average Bonchev–Trinajstić information content (AvgIpc) is 2.51. The van der Waals surface area contributed by atoms with E-state index in [2.05, 4.69) is 71.5 Å². The van der Waals surface area contributed by atoms with Crippen molar-refractivity contribution in [3.05, 3.63) is 0 Å². The normalized spacial score (nSPS) is 23.3. The SMILES string of the molecule is CN(C)[Si]N(C)[Si]N1[Si]N[Si]N([Si]N[Si]N2[Si]N[Si]N(C)[Si]N[Si]2)[Si]1. The summed E-state index contributed by atoms with van der Waals surface area (Å²) in [5.74, 6) is 0. The van der Waals surface area contributed by atoms with Gasteiger partial charge < -0.3 is 43.3 Å². The number of rotatable bonds is 8. The summed E-state index contributed by atoms with van der Waals surface area (Å²) in [5.41, 5.74) is 0. The fourth-order valence-electron chi connectivity index (χ4n) is 1.44. The van der Waals surface area contributed by atoms with Crippen LogP contribution in [0.2, 0.25) is 0 Å². The Bertz CT molecular complexity index is 358. The monoisotopic (exact) mass is 512 g/mol. The van der Waals surface area contributed by atoms with Crippen molar-refractivity contribution in [1.82, 2.24) is 43.3 Å². The largest absolute Gasteiger partial charge is 0.338 e. The molecule has 2 aliphatic heterocycles. The summed E-state index contributed by atoms with van der Waals surface area (Å²) >= 11 is 0. The topological polar surface area (TPSA) is 67.6 Å². The highest BCUT2D eigenvalue weighted by atomic mass is 28.4. The molecule has 0 aromatic carbocycles. The van der Waals surface area contributed by atoms with Crippen molar-refractivity contribution in [2.45, 2.75) is 0 Å². The molecule has 2 fully saturated rings. The van der Waals surface area contributed by atoms with Gasteiger partial charge in [-0.05, 0) is 28.2 Å². The maximum absolute atomic E-state index is 3.66. The molecule has 22 radical (unpaired) electrons. The molecule has 25 heavy (non-hydrogen) atoms. The maximum Gasteiger partial charge on any atom is 0.243 e. The lowest BCUT2D eigenvalue weighted by atomic mass is 11.3. The molecule has 0 aliphatic carbocycles. The Morgan fingerprint density at radius 3 is 2.04 bits per heavy atom. The molecule has 0 amide bonds. The molecule has 4 N–H and O–H groups in total. The Labute approximate surface area is 179 Å². The molecule has 2 aliphatic rings. The summed E-state index contributed by atoms with van der Waals surface area (Å²) in [6, 6.07) is 0. The van der Waals surface area contributed by atoms with Crippen LogP contribution in [0.25, 0.3) is 0 Å². The molecule has 2 saturated heterocycles. The summed E-state index contributed by atoms with van der Waals surface area (Å²) in [5, 5.41) is 0. The standard InChI is InChI=1S/C4H16N10Si11/c1-9(2)23-11(4)24-14-22-8-21-13(25-14)20-7-19-12-17-5-15-10(3)16-6-18-12/h5-8H,1-4H3. The summed E-state index contributed by atoms with van der Waals surface area (Å²) in [7, 11) is 16.5. The van der Waals surface area contributed by atoms with Gasteiger partial charge in [-0.1, -0.05) is 0 Å². The summed E-state index contributed by atoms with van der Waals surface area (Å²) in [6.07, 6.45) is 0. The van der Waals surface area contributed by atoms with Crippen molar-refractivity contribution in [1.29, 1.82) is 0 Å². The minimum Gasteiger partial charge on any atom is -0.338 e. The highest BCUT2D eigenvalue weighted by Gasteiger charge is 2.24. The van der Waals surface area contributed by atoms with E-state index in [0.29, 0.717) is 59.1 Å². The van der Waals surface area contributed by atoms with Gasteiger partial charge in [0.15, 0.2) is 0 Å². The first-order chi connectivity index (χ1) is 12.0. The van der Waals surface area contributed by atoms with Crippen molar-refractivity contribution >= 4 is 108 Å². The quantitative estimate of drug-likeness (QED) is 0.236. The average molecular weight is 513 g/mol. The number of nitrogens with zero attached hydrogens (tertiary/aromatic N) is 6. The molecular weight excluding hydrogens is 497 g/mol. The lowest BCUT2D eigenvalue weighted by Crippen LogP contribution is -2.67. The number of hydrogen-bond donors (Lipinski definition) is 4. The minimum atomic E-state index is 0.671. The summed E-state index contributed by atoms with van der Waals surface area (Å²) < 4.78 is 28.8. The van der Waals surface area contributed by atoms with E-state index < -0.39 is 0 Å². The zero-order chi connectivity index (χ0) is 18.1. The zero-order valence-corrected chi connectivity index (χ0v) is 25.2. The van der Waals surface area contributed by atoms with Gasteiger partial charge in [0.25, 0.3) is 0 Å². The third kappa shape index (κ3) is 10.4. The molecule has 0 aromatic rings. The fraction of sp³-hybridized carbons (Fsp3) is 1.00. The molecule has 0 spiro atoms. The second-order valence-corrected chi connectivity index (χ2v) is 23.6. The molecule has 2 heterocycles. The van der Waals surface area contributed by atoms with Crippen LogP contribution < -0.4 is 18.6 Å². The zero-order valence-electron chi connectivity index (χ0n) is 14.2. The van der Waals surface area contributed by atoms with Crippen molar-refractivity contribution in [3.63, 3.8) is 0 Å². The molecule has 0 saturated carbocycles. The molecule has 126 valence electrons. The molecule has 21 heteroatoms. The second-order valence-electron chi connectivity index (χ2n) is 4.71. The van der Waals surface area contributed by atoms with Crippen LogP contribution in [0.4, 0.5) is 0 Å². The van der Waals surface area contributed by atoms with Gasteiger partial charge in [0.1, 0.15) is 0 Å². The van der Waals surface area contributed by atoms with E-state index in [9.17, 15) is 0 Å². The summed E-state index contributed by atoms with van der Waals surface area (Å²) in [4.78, 5) is 0. The van der Waals surface area contributed by atoms with Gasteiger partial charge in [-0.25, -0.2) is 0 Å². The summed E-state index contributed by atoms with van der Waals surface area (Å²) in [6.45, 7) is 0. The second kappa shape index (κ2) is 13.3. The first kappa shape index (κ1) is 23.3. The van der Waals surface area contributed by atoms with Crippen LogP contribution in [0, 0.1) is 0 Å². The van der Waals surface area contributed by atoms with E-state index in [-0.39, 0.29) is 0 Å². The number of nitrogens with one attached hydrogen (secondary N) is 4. The van der Waals surface area contributed by atoms with Gasteiger partial charge in [-0.3, -0.25) is 0 Å². The Morgan fingerprint density at radius 1 is 0.800 bits per heavy atom. The van der Waals surface area contributed by atoms with Crippen molar-refractivity contribution < 1.29 is 0 Å². The van der Waals surface area contributed by atoms with E-state index in [1.807, 2.05) is 0 Å². The van der Waals surface area contributed by atoms with Gasteiger partial charge in [0.05, 0.1) is 0 Å². The molecule has 0 unspecified atom stereocenters. The van der Waals surface area contributed by atoms with Crippen LogP contribution in [-0.4, -0.2) is 161 Å². The highest BCUT2D eigenvalue weighted by Crippen LogP contribution is 1.91. The van der Waals surface area contributed by atoms with Crippen LogP contribution >= 0.6 is 0 Å². The minimum absolute atomic E-state index is 0.671. The van der Waals surface area contributed by atoms with Crippen molar-refractivity contribution in [2.75, 3.05) is 28.2 Å². The van der Waals surface area contributed by atoms with Gasteiger partial charge in [-0.2, -0.15) is 0 Å². The van der Waals surface area contributed by atoms with Crippen LogP contribution in [-0.2, 0) is 0 Å². The van der Waals surface area contributed by atoms with Crippen molar-refractivity contribution in [3.8, 4) is 0 Å². The van der Waals surface area contributed by atoms with Gasteiger partial charge >= 0.3 is 0 Å². The molecule has 0 aromatic heterocycles. The predicted molar refractivity (Wildman–Crippen MR) is 111 cm³/mol. The van der Waals surface area contributed by atoms with Gasteiger partial charge in [0.2, 0.25) is 108 Å². The van der Waals surface area contributed by atoms with Crippen LogP contribution in [0.3, 0.4) is 0 Å². The fourth-order valence-corrected chi connectivity index (χ4v) is 21.5. The Morgan fingerprint density at radius 2 is 1.36 bits per heavy atom. The maximum atomic E-state index is 3.66. The lowest BCUT2D eigenvalue weighted by Gasteiger charge is -2.34. The van der Waals surface area contributed by atoms with Crippen LogP contribution in [0.15, 0.2) is 0 Å².